The first-order chi connectivity index (χ1) is 7.72. The summed E-state index contributed by atoms with van der Waals surface area (Å²) in [6.45, 7) is 4.54. The second kappa shape index (κ2) is 7.22. The maximum Gasteiger partial charge on any atom is 0.239 e. The second-order valence-corrected chi connectivity index (χ2v) is 4.13. The van der Waals surface area contributed by atoms with Crippen molar-refractivity contribution in [2.45, 2.75) is 26.2 Å². The summed E-state index contributed by atoms with van der Waals surface area (Å²) in [6, 6.07) is 0. The molecule has 1 aliphatic heterocycles. The fraction of sp³-hybridized carbons (Fsp3) is 0.818. The number of rotatable bonds is 5. The molecule has 16 heavy (non-hydrogen) atoms. The van der Waals surface area contributed by atoms with Crippen molar-refractivity contribution in [3.63, 3.8) is 0 Å². The summed E-state index contributed by atoms with van der Waals surface area (Å²) in [4.78, 5) is 22.6. The fourth-order valence-electron chi connectivity index (χ4n) is 1.86. The molecule has 0 radical (unpaired) electrons. The van der Waals surface area contributed by atoms with Gasteiger partial charge in [0.1, 0.15) is 0 Å². The van der Waals surface area contributed by atoms with E-state index in [1.807, 2.05) is 6.92 Å². The van der Waals surface area contributed by atoms with Crippen LogP contribution in [0.5, 0.6) is 0 Å². The molecule has 0 atom stereocenters. The molecule has 0 saturated carbocycles. The highest BCUT2D eigenvalue weighted by molar-refractivity contribution is 5.84. The van der Waals surface area contributed by atoms with E-state index in [0.29, 0.717) is 18.9 Å². The summed E-state index contributed by atoms with van der Waals surface area (Å²) in [5.41, 5.74) is 0. The van der Waals surface area contributed by atoms with E-state index in [0.717, 1.165) is 25.9 Å². The molecule has 1 fully saturated rings. The minimum Gasteiger partial charge on any atom is -0.355 e. The van der Waals surface area contributed by atoms with Crippen LogP contribution in [0.25, 0.3) is 0 Å². The molecule has 5 heteroatoms. The van der Waals surface area contributed by atoms with Crippen LogP contribution < -0.4 is 16.0 Å². The normalized spacial score (nSPS) is 16.8. The average molecular weight is 227 g/mol. The Kier molecular flexibility index (Phi) is 5.85. The van der Waals surface area contributed by atoms with Crippen molar-refractivity contribution in [3.8, 4) is 0 Å². The van der Waals surface area contributed by atoms with Crippen molar-refractivity contribution in [1.29, 1.82) is 0 Å². The van der Waals surface area contributed by atoms with Crippen LogP contribution in [0.4, 0.5) is 0 Å². The van der Waals surface area contributed by atoms with Gasteiger partial charge in [-0.2, -0.15) is 0 Å². The Balaban J connectivity index is 2.12. The quantitative estimate of drug-likeness (QED) is 0.600. The summed E-state index contributed by atoms with van der Waals surface area (Å²) in [6.07, 6.45) is 2.64. The number of carbonyl (C=O) groups is 2. The molecule has 2 amide bonds. The first-order valence-electron chi connectivity index (χ1n) is 5.96. The van der Waals surface area contributed by atoms with E-state index in [9.17, 15) is 9.59 Å². The Morgan fingerprint density at radius 3 is 2.50 bits per heavy atom. The molecule has 0 spiro atoms. The monoisotopic (exact) mass is 227 g/mol. The van der Waals surface area contributed by atoms with E-state index in [1.54, 1.807) is 0 Å². The lowest BCUT2D eigenvalue weighted by Crippen LogP contribution is -2.38. The fourth-order valence-corrected chi connectivity index (χ4v) is 1.86. The van der Waals surface area contributed by atoms with E-state index in [1.165, 1.54) is 0 Å². The van der Waals surface area contributed by atoms with Crippen LogP contribution in [0.3, 0.4) is 0 Å². The van der Waals surface area contributed by atoms with Gasteiger partial charge in [0.15, 0.2) is 0 Å². The van der Waals surface area contributed by atoms with Crippen molar-refractivity contribution in [1.82, 2.24) is 16.0 Å². The Morgan fingerprint density at radius 2 is 1.88 bits per heavy atom. The molecule has 1 heterocycles. The van der Waals surface area contributed by atoms with E-state index in [2.05, 4.69) is 16.0 Å². The molecule has 0 unspecified atom stereocenters. The largest absolute Gasteiger partial charge is 0.355 e. The van der Waals surface area contributed by atoms with Gasteiger partial charge in [-0.1, -0.05) is 0 Å². The van der Waals surface area contributed by atoms with Gasteiger partial charge in [0.25, 0.3) is 0 Å². The van der Waals surface area contributed by atoms with Crippen LogP contribution in [-0.2, 0) is 9.59 Å². The summed E-state index contributed by atoms with van der Waals surface area (Å²) in [5, 5.41) is 8.54. The third-order valence-electron chi connectivity index (χ3n) is 2.75. The highest BCUT2D eigenvalue weighted by Crippen LogP contribution is 2.15. The number of piperidine rings is 1. The van der Waals surface area contributed by atoms with E-state index in [-0.39, 0.29) is 18.4 Å². The highest BCUT2D eigenvalue weighted by atomic mass is 16.2. The number of hydrogen-bond donors (Lipinski definition) is 3. The van der Waals surface area contributed by atoms with Gasteiger partial charge in [-0.15, -0.1) is 0 Å². The number of amides is 2. The maximum atomic E-state index is 11.5. The van der Waals surface area contributed by atoms with Gasteiger partial charge in [0.2, 0.25) is 11.8 Å². The Bertz CT molecular complexity index is 237. The smallest absolute Gasteiger partial charge is 0.239 e. The topological polar surface area (TPSA) is 70.2 Å². The lowest BCUT2D eigenvalue weighted by Gasteiger charge is -2.21. The van der Waals surface area contributed by atoms with Crippen molar-refractivity contribution in [3.05, 3.63) is 0 Å². The molecule has 0 bridgehead atoms. The van der Waals surface area contributed by atoms with Crippen molar-refractivity contribution in [2.75, 3.05) is 26.2 Å². The van der Waals surface area contributed by atoms with Gasteiger partial charge in [0.05, 0.1) is 6.54 Å². The first kappa shape index (κ1) is 13.0. The Labute approximate surface area is 96.4 Å². The second-order valence-electron chi connectivity index (χ2n) is 4.13. The molecule has 0 aromatic carbocycles. The van der Waals surface area contributed by atoms with Gasteiger partial charge in [-0.25, -0.2) is 0 Å². The molecule has 92 valence electrons. The molecular weight excluding hydrogens is 206 g/mol. The van der Waals surface area contributed by atoms with Crippen molar-refractivity contribution >= 4 is 11.8 Å². The lowest BCUT2D eigenvalue weighted by molar-refractivity contribution is -0.126. The highest BCUT2D eigenvalue weighted by Gasteiger charge is 2.16. The maximum absolute atomic E-state index is 11.5. The zero-order chi connectivity index (χ0) is 11.8. The van der Waals surface area contributed by atoms with Crippen molar-refractivity contribution < 1.29 is 9.59 Å². The summed E-state index contributed by atoms with van der Waals surface area (Å²) in [5.74, 6) is 0.329. The number of hydrogen-bond acceptors (Lipinski definition) is 3. The summed E-state index contributed by atoms with van der Waals surface area (Å²) in [7, 11) is 0. The van der Waals surface area contributed by atoms with E-state index < -0.39 is 0 Å². The molecule has 0 aromatic rings. The third-order valence-corrected chi connectivity index (χ3v) is 2.75. The minimum atomic E-state index is -0.124. The number of nitrogens with one attached hydrogen (secondary N) is 3. The standard InChI is InChI=1S/C11H21N3O2/c1-2-13-11(16)8-14-10(15)7-9-3-5-12-6-4-9/h9,12H,2-8H2,1H3,(H,13,16)(H,14,15). The lowest BCUT2D eigenvalue weighted by atomic mass is 9.94. The van der Waals surface area contributed by atoms with Gasteiger partial charge < -0.3 is 16.0 Å². The molecule has 0 aliphatic carbocycles. The molecular formula is C11H21N3O2. The van der Waals surface area contributed by atoms with Gasteiger partial charge >= 0.3 is 0 Å². The zero-order valence-electron chi connectivity index (χ0n) is 9.84. The molecule has 0 aromatic heterocycles. The summed E-state index contributed by atoms with van der Waals surface area (Å²) < 4.78 is 0. The van der Waals surface area contributed by atoms with Crippen LogP contribution >= 0.6 is 0 Å². The first-order valence-corrected chi connectivity index (χ1v) is 5.96. The SMILES string of the molecule is CCNC(=O)CNC(=O)CC1CCNCC1. The van der Waals surface area contributed by atoms with Crippen LogP contribution in [0, 0.1) is 5.92 Å². The molecule has 1 saturated heterocycles. The van der Waals surface area contributed by atoms with Gasteiger partial charge in [0, 0.05) is 13.0 Å². The third kappa shape index (κ3) is 5.11. The van der Waals surface area contributed by atoms with Gasteiger partial charge in [-0.05, 0) is 38.8 Å². The minimum absolute atomic E-state index is 0.0156. The van der Waals surface area contributed by atoms with Crippen LogP contribution in [0.1, 0.15) is 26.2 Å². The molecule has 5 nitrogen and oxygen atoms in total. The van der Waals surface area contributed by atoms with E-state index >= 15 is 0 Å². The summed E-state index contributed by atoms with van der Waals surface area (Å²) >= 11 is 0. The van der Waals surface area contributed by atoms with Crippen molar-refractivity contribution in [2.24, 2.45) is 5.92 Å². The molecule has 3 N–H and O–H groups in total. The van der Waals surface area contributed by atoms with Gasteiger partial charge in [-0.3, -0.25) is 9.59 Å². The Hall–Kier alpha value is -1.10. The number of carbonyl (C=O) groups excluding carboxylic acids is 2. The molecule has 1 aliphatic rings. The predicted octanol–water partition coefficient (Wildman–Crippen LogP) is -0.372. The van der Waals surface area contributed by atoms with Crippen LogP contribution in [-0.4, -0.2) is 38.0 Å². The predicted molar refractivity (Wildman–Crippen MR) is 61.9 cm³/mol. The van der Waals surface area contributed by atoms with Crippen LogP contribution in [0.2, 0.25) is 0 Å². The Morgan fingerprint density at radius 1 is 1.19 bits per heavy atom. The average Bonchev–Trinajstić information content (AvgIpc) is 2.28. The molecule has 1 rings (SSSR count). The number of likely N-dealkylation sites (N-methyl/N-ethyl adjacent to an activating group) is 1. The van der Waals surface area contributed by atoms with Crippen LogP contribution in [0.15, 0.2) is 0 Å². The zero-order valence-corrected chi connectivity index (χ0v) is 9.84. The van der Waals surface area contributed by atoms with E-state index in [4.69, 9.17) is 0 Å².